The van der Waals surface area contributed by atoms with Gasteiger partial charge in [-0.2, -0.15) is 0 Å². The minimum Gasteiger partial charge on any atom is -0.323 e. The molecule has 1 aromatic carbocycles. The second kappa shape index (κ2) is 8.64. The van der Waals surface area contributed by atoms with E-state index in [-0.39, 0.29) is 23.5 Å². The number of nitrogens with zero attached hydrogens (tertiary/aromatic N) is 2. The fourth-order valence-electron chi connectivity index (χ4n) is 3.45. The number of hydrogen-bond acceptors (Lipinski definition) is 6. The van der Waals surface area contributed by atoms with E-state index in [0.29, 0.717) is 12.5 Å². The lowest BCUT2D eigenvalue weighted by Gasteiger charge is -2.50. The molecule has 2 heterocycles. The second-order valence-electron chi connectivity index (χ2n) is 6.96. The SMILES string of the molecule is CCC1NC(SCC(=O)Nc2ccc(F)cc2F)C2C(=O)N(C)C(=O)N(C)C2N1. The molecule has 0 aromatic heterocycles. The van der Waals surface area contributed by atoms with Crippen molar-refractivity contribution in [3.8, 4) is 0 Å². The average molecular weight is 427 g/mol. The van der Waals surface area contributed by atoms with Crippen LogP contribution in [0.4, 0.5) is 19.3 Å². The largest absolute Gasteiger partial charge is 0.327 e. The van der Waals surface area contributed by atoms with Gasteiger partial charge in [0.05, 0.1) is 35.1 Å². The molecule has 0 spiro atoms. The molecule has 8 nitrogen and oxygen atoms in total. The molecule has 4 amide bonds. The molecule has 158 valence electrons. The standard InChI is InChI=1S/C18H23F2N5O3S/c1-4-12-22-15-14(17(27)25(3)18(28)24(15)2)16(23-12)29-8-13(26)21-11-6-5-9(19)7-10(11)20/h5-7,12,14-16,22-23H,4,8H2,1-3H3,(H,21,26). The normalized spacial score (nSPS) is 27.1. The third-order valence-corrected chi connectivity index (χ3v) is 6.25. The number of anilines is 1. The van der Waals surface area contributed by atoms with Gasteiger partial charge in [-0.05, 0) is 18.6 Å². The van der Waals surface area contributed by atoms with Crippen LogP contribution in [-0.4, -0.2) is 65.2 Å². The highest BCUT2D eigenvalue weighted by Gasteiger charge is 2.50. The van der Waals surface area contributed by atoms with Crippen LogP contribution >= 0.6 is 11.8 Å². The van der Waals surface area contributed by atoms with E-state index in [1.807, 2.05) is 6.92 Å². The van der Waals surface area contributed by atoms with Gasteiger partial charge in [0.25, 0.3) is 0 Å². The van der Waals surface area contributed by atoms with Gasteiger partial charge in [0.15, 0.2) is 0 Å². The molecule has 1 aromatic rings. The summed E-state index contributed by atoms with van der Waals surface area (Å²) in [5.41, 5.74) is -0.113. The number of thioether (sulfide) groups is 1. The van der Waals surface area contributed by atoms with Crippen molar-refractivity contribution < 1.29 is 23.2 Å². The van der Waals surface area contributed by atoms with Gasteiger partial charge in [-0.3, -0.25) is 25.1 Å². The molecule has 11 heteroatoms. The van der Waals surface area contributed by atoms with Crippen LogP contribution in [-0.2, 0) is 9.59 Å². The minimum atomic E-state index is -0.862. The van der Waals surface area contributed by atoms with Crippen LogP contribution in [0, 0.1) is 17.6 Å². The summed E-state index contributed by atoms with van der Waals surface area (Å²) in [5, 5.41) is 8.52. The summed E-state index contributed by atoms with van der Waals surface area (Å²) in [6.45, 7) is 1.95. The molecule has 4 atom stereocenters. The fourth-order valence-corrected chi connectivity index (χ4v) is 4.58. The van der Waals surface area contributed by atoms with Crippen LogP contribution in [0.3, 0.4) is 0 Å². The van der Waals surface area contributed by atoms with Gasteiger partial charge in [0.2, 0.25) is 11.8 Å². The van der Waals surface area contributed by atoms with Gasteiger partial charge in [-0.15, -0.1) is 11.8 Å². The molecular weight excluding hydrogens is 404 g/mol. The Morgan fingerprint density at radius 2 is 1.97 bits per heavy atom. The average Bonchev–Trinajstić information content (AvgIpc) is 2.70. The van der Waals surface area contributed by atoms with E-state index >= 15 is 0 Å². The predicted octanol–water partition coefficient (Wildman–Crippen LogP) is 1.36. The highest BCUT2D eigenvalue weighted by Crippen LogP contribution is 2.31. The number of urea groups is 1. The van der Waals surface area contributed by atoms with E-state index in [1.165, 1.54) is 23.7 Å². The molecule has 4 unspecified atom stereocenters. The summed E-state index contributed by atoms with van der Waals surface area (Å²) in [4.78, 5) is 39.8. The van der Waals surface area contributed by atoms with Gasteiger partial charge in [0.1, 0.15) is 11.6 Å². The molecular formula is C18H23F2N5O3S. The highest BCUT2D eigenvalue weighted by molar-refractivity contribution is 8.00. The first-order valence-electron chi connectivity index (χ1n) is 9.16. The van der Waals surface area contributed by atoms with Crippen molar-refractivity contribution in [2.45, 2.75) is 31.0 Å². The van der Waals surface area contributed by atoms with Gasteiger partial charge in [0, 0.05) is 20.2 Å². The fraction of sp³-hybridized carbons (Fsp3) is 0.500. The number of hydrogen-bond donors (Lipinski definition) is 3. The van der Waals surface area contributed by atoms with Crippen molar-refractivity contribution in [3.05, 3.63) is 29.8 Å². The van der Waals surface area contributed by atoms with Crippen molar-refractivity contribution in [3.63, 3.8) is 0 Å². The maximum Gasteiger partial charge on any atom is 0.327 e. The van der Waals surface area contributed by atoms with Gasteiger partial charge in [-0.25, -0.2) is 13.6 Å². The maximum atomic E-state index is 13.7. The Hall–Kier alpha value is -2.24. The molecule has 0 radical (unpaired) electrons. The molecule has 0 bridgehead atoms. The van der Waals surface area contributed by atoms with E-state index in [9.17, 15) is 23.2 Å². The number of benzene rings is 1. The topological polar surface area (TPSA) is 93.8 Å². The lowest BCUT2D eigenvalue weighted by Crippen LogP contribution is -2.74. The number of imide groups is 1. The first-order valence-corrected chi connectivity index (χ1v) is 10.2. The van der Waals surface area contributed by atoms with Crippen LogP contribution in [0.1, 0.15) is 13.3 Å². The maximum absolute atomic E-state index is 13.7. The van der Waals surface area contributed by atoms with Crippen molar-refractivity contribution in [2.75, 3.05) is 25.2 Å². The van der Waals surface area contributed by atoms with E-state index in [0.717, 1.165) is 17.0 Å². The molecule has 3 rings (SSSR count). The molecule has 2 aliphatic rings. The zero-order valence-corrected chi connectivity index (χ0v) is 17.1. The van der Waals surface area contributed by atoms with Crippen LogP contribution in [0.5, 0.6) is 0 Å². The number of amides is 4. The number of carbonyl (C=O) groups excluding carboxylic acids is 3. The number of carbonyl (C=O) groups is 3. The first-order chi connectivity index (χ1) is 13.7. The van der Waals surface area contributed by atoms with Gasteiger partial charge >= 0.3 is 6.03 Å². The van der Waals surface area contributed by atoms with Crippen molar-refractivity contribution in [2.24, 2.45) is 5.92 Å². The van der Waals surface area contributed by atoms with E-state index in [2.05, 4.69) is 16.0 Å². The van der Waals surface area contributed by atoms with Crippen LogP contribution in [0.2, 0.25) is 0 Å². The molecule has 0 aliphatic carbocycles. The quantitative estimate of drug-likeness (QED) is 0.657. The van der Waals surface area contributed by atoms with Crippen LogP contribution in [0.25, 0.3) is 0 Å². The monoisotopic (exact) mass is 427 g/mol. The Kier molecular flexibility index (Phi) is 6.39. The third-order valence-electron chi connectivity index (χ3n) is 5.03. The molecule has 2 fully saturated rings. The Labute approximate surface area is 171 Å². The Morgan fingerprint density at radius 3 is 2.62 bits per heavy atom. The number of nitrogens with one attached hydrogen (secondary N) is 3. The second-order valence-corrected chi connectivity index (χ2v) is 8.09. The number of rotatable bonds is 5. The highest BCUT2D eigenvalue weighted by atomic mass is 32.2. The van der Waals surface area contributed by atoms with Gasteiger partial charge < -0.3 is 10.2 Å². The van der Waals surface area contributed by atoms with Crippen LogP contribution in [0.15, 0.2) is 18.2 Å². The molecule has 2 saturated heterocycles. The van der Waals surface area contributed by atoms with E-state index in [1.54, 1.807) is 7.05 Å². The van der Waals surface area contributed by atoms with Crippen molar-refractivity contribution in [1.82, 2.24) is 20.4 Å². The van der Waals surface area contributed by atoms with Crippen LogP contribution < -0.4 is 16.0 Å². The summed E-state index contributed by atoms with van der Waals surface area (Å²) in [6.07, 6.45) is 0.0737. The van der Waals surface area contributed by atoms with Crippen molar-refractivity contribution >= 4 is 35.3 Å². The molecule has 0 saturated carbocycles. The predicted molar refractivity (Wildman–Crippen MR) is 105 cm³/mol. The van der Waals surface area contributed by atoms with E-state index in [4.69, 9.17) is 0 Å². The third kappa shape index (κ3) is 4.36. The summed E-state index contributed by atoms with van der Waals surface area (Å²) in [5.74, 6) is -3.06. The Morgan fingerprint density at radius 1 is 1.24 bits per heavy atom. The summed E-state index contributed by atoms with van der Waals surface area (Å²) < 4.78 is 26.7. The number of fused-ring (bicyclic) bond motifs is 1. The summed E-state index contributed by atoms with van der Waals surface area (Å²) in [7, 11) is 3.05. The van der Waals surface area contributed by atoms with Crippen molar-refractivity contribution in [1.29, 1.82) is 0 Å². The molecule has 29 heavy (non-hydrogen) atoms. The Bertz CT molecular complexity index is 827. The summed E-state index contributed by atoms with van der Waals surface area (Å²) in [6, 6.07) is 2.50. The first kappa shape index (κ1) is 21.5. The lowest BCUT2D eigenvalue weighted by atomic mass is 9.97. The molecule has 2 aliphatic heterocycles. The molecule has 3 N–H and O–H groups in total. The minimum absolute atomic E-state index is 0.0528. The van der Waals surface area contributed by atoms with E-state index < -0.39 is 41.0 Å². The number of halogens is 2. The zero-order valence-electron chi connectivity index (χ0n) is 16.2. The lowest BCUT2D eigenvalue weighted by molar-refractivity contribution is -0.140. The summed E-state index contributed by atoms with van der Waals surface area (Å²) >= 11 is 1.20. The van der Waals surface area contributed by atoms with Gasteiger partial charge in [-0.1, -0.05) is 6.92 Å². The smallest absolute Gasteiger partial charge is 0.323 e. The Balaban J connectivity index is 1.70. The zero-order chi connectivity index (χ0) is 21.3.